The molecule has 7 heteroatoms. The Bertz CT molecular complexity index is 459. The maximum atomic E-state index is 11.8. The van der Waals surface area contributed by atoms with Crippen molar-refractivity contribution in [2.45, 2.75) is 39.0 Å². The molecule has 1 unspecified atom stereocenters. The summed E-state index contributed by atoms with van der Waals surface area (Å²) in [6, 6.07) is 0. The first kappa shape index (κ1) is 15.2. The highest BCUT2D eigenvalue weighted by atomic mass is 35.5. The van der Waals surface area contributed by atoms with Gasteiger partial charge in [0, 0.05) is 23.1 Å². The molecule has 0 bridgehead atoms. The van der Waals surface area contributed by atoms with Gasteiger partial charge in [0.1, 0.15) is 0 Å². The maximum Gasteiger partial charge on any atom is 0.304 e. The quantitative estimate of drug-likeness (QED) is 0.832. The fourth-order valence-electron chi connectivity index (χ4n) is 1.58. The zero-order valence-electron chi connectivity index (χ0n) is 10.5. The third-order valence-corrected chi connectivity index (χ3v) is 4.23. The van der Waals surface area contributed by atoms with Crippen LogP contribution in [0.5, 0.6) is 0 Å². The Labute approximate surface area is 114 Å². The lowest BCUT2D eigenvalue weighted by molar-refractivity contribution is -0.136. The van der Waals surface area contributed by atoms with Gasteiger partial charge in [-0.1, -0.05) is 18.5 Å². The molecule has 5 nitrogen and oxygen atoms in total. The van der Waals surface area contributed by atoms with E-state index >= 15 is 0 Å². The van der Waals surface area contributed by atoms with Crippen molar-refractivity contribution in [1.82, 2.24) is 9.78 Å². The zero-order valence-corrected chi connectivity index (χ0v) is 12.1. The van der Waals surface area contributed by atoms with E-state index in [4.69, 9.17) is 16.7 Å². The van der Waals surface area contributed by atoms with Crippen LogP contribution in [0.1, 0.15) is 31.7 Å². The Morgan fingerprint density at radius 1 is 1.50 bits per heavy atom. The van der Waals surface area contributed by atoms with Crippen LogP contribution in [-0.4, -0.2) is 30.8 Å². The molecular formula is C11H17ClN2O3S. The minimum Gasteiger partial charge on any atom is -0.481 e. The standard InChI is InChI=1S/C11H17ClN2O3S/c1-3-8-11(12)9(14(4-2)13-8)7-18(17)6-5-10(15)16/h3-7H2,1-2H3,(H,15,16). The van der Waals surface area contributed by atoms with Crippen molar-refractivity contribution in [2.75, 3.05) is 5.75 Å². The number of hydrogen-bond acceptors (Lipinski definition) is 3. The van der Waals surface area contributed by atoms with Crippen molar-refractivity contribution < 1.29 is 14.1 Å². The number of aliphatic carboxylic acids is 1. The number of carboxylic acids is 1. The first-order valence-electron chi connectivity index (χ1n) is 5.80. The average molecular weight is 293 g/mol. The van der Waals surface area contributed by atoms with E-state index in [1.165, 1.54) is 0 Å². The normalized spacial score (nSPS) is 12.6. The number of aryl methyl sites for hydroxylation is 2. The highest BCUT2D eigenvalue weighted by molar-refractivity contribution is 7.84. The van der Waals surface area contributed by atoms with Crippen molar-refractivity contribution in [3.8, 4) is 0 Å². The third-order valence-electron chi connectivity index (χ3n) is 2.54. The highest BCUT2D eigenvalue weighted by Gasteiger charge is 2.16. The van der Waals surface area contributed by atoms with E-state index in [9.17, 15) is 9.00 Å². The van der Waals surface area contributed by atoms with Crippen LogP contribution in [0.2, 0.25) is 5.02 Å². The summed E-state index contributed by atoms with van der Waals surface area (Å²) >= 11 is 6.18. The molecule has 18 heavy (non-hydrogen) atoms. The van der Waals surface area contributed by atoms with E-state index in [0.717, 1.165) is 17.8 Å². The second-order valence-electron chi connectivity index (χ2n) is 3.81. The van der Waals surface area contributed by atoms with Gasteiger partial charge >= 0.3 is 5.97 Å². The Kier molecular flexibility index (Phi) is 5.81. The van der Waals surface area contributed by atoms with E-state index in [2.05, 4.69) is 5.10 Å². The van der Waals surface area contributed by atoms with Crippen LogP contribution in [0.3, 0.4) is 0 Å². The summed E-state index contributed by atoms with van der Waals surface area (Å²) in [6.45, 7) is 4.55. The largest absolute Gasteiger partial charge is 0.481 e. The van der Waals surface area contributed by atoms with Gasteiger partial charge in [0.15, 0.2) is 0 Å². The summed E-state index contributed by atoms with van der Waals surface area (Å²) in [6.07, 6.45) is 0.631. The lowest BCUT2D eigenvalue weighted by atomic mass is 10.3. The molecule has 0 saturated heterocycles. The fraction of sp³-hybridized carbons (Fsp3) is 0.636. The molecule has 0 radical (unpaired) electrons. The Balaban J connectivity index is 2.79. The predicted octanol–water partition coefficient (Wildman–Crippen LogP) is 1.84. The summed E-state index contributed by atoms with van der Waals surface area (Å²) in [5, 5.41) is 13.4. The van der Waals surface area contributed by atoms with Gasteiger partial charge < -0.3 is 5.11 Å². The monoisotopic (exact) mass is 292 g/mol. The maximum absolute atomic E-state index is 11.8. The van der Waals surface area contributed by atoms with Gasteiger partial charge in [-0.2, -0.15) is 5.10 Å². The summed E-state index contributed by atoms with van der Waals surface area (Å²) in [5.74, 6) is -0.540. The molecule has 0 saturated carbocycles. The zero-order chi connectivity index (χ0) is 13.7. The Hall–Kier alpha value is -0.880. The molecule has 0 aliphatic carbocycles. The molecular weight excluding hydrogens is 276 g/mol. The van der Waals surface area contributed by atoms with Crippen LogP contribution in [0.25, 0.3) is 0 Å². The summed E-state index contributed by atoms with van der Waals surface area (Å²) in [7, 11) is -1.23. The number of hydrogen-bond donors (Lipinski definition) is 1. The number of halogens is 1. The van der Waals surface area contributed by atoms with E-state index in [-0.39, 0.29) is 17.9 Å². The van der Waals surface area contributed by atoms with Gasteiger partial charge in [0.05, 0.1) is 28.6 Å². The van der Waals surface area contributed by atoms with E-state index in [1.807, 2.05) is 13.8 Å². The summed E-state index contributed by atoms with van der Waals surface area (Å²) < 4.78 is 13.5. The molecule has 1 atom stereocenters. The molecule has 0 aromatic carbocycles. The van der Waals surface area contributed by atoms with Crippen LogP contribution in [-0.2, 0) is 34.3 Å². The molecule has 1 rings (SSSR count). The number of rotatable bonds is 7. The molecule has 0 aliphatic heterocycles. The first-order chi connectivity index (χ1) is 8.49. The third kappa shape index (κ3) is 3.81. The molecule has 1 aromatic heterocycles. The number of aromatic nitrogens is 2. The second kappa shape index (κ2) is 6.89. The van der Waals surface area contributed by atoms with E-state index < -0.39 is 16.8 Å². The lowest BCUT2D eigenvalue weighted by Crippen LogP contribution is -2.10. The van der Waals surface area contributed by atoms with Crippen molar-refractivity contribution in [3.63, 3.8) is 0 Å². The molecule has 1 N–H and O–H groups in total. The number of nitrogens with zero attached hydrogens (tertiary/aromatic N) is 2. The smallest absolute Gasteiger partial charge is 0.304 e. The second-order valence-corrected chi connectivity index (χ2v) is 5.76. The number of carbonyl (C=O) groups is 1. The van der Waals surface area contributed by atoms with Gasteiger partial charge in [0.25, 0.3) is 0 Å². The predicted molar refractivity (Wildman–Crippen MR) is 71.3 cm³/mol. The van der Waals surface area contributed by atoms with Crippen LogP contribution in [0, 0.1) is 0 Å². The molecule has 1 aromatic rings. The van der Waals surface area contributed by atoms with Crippen molar-refractivity contribution >= 4 is 28.4 Å². The SMILES string of the molecule is CCc1nn(CC)c(CS(=O)CCC(=O)O)c1Cl. The Morgan fingerprint density at radius 2 is 2.17 bits per heavy atom. The van der Waals surface area contributed by atoms with E-state index in [0.29, 0.717) is 11.6 Å². The topological polar surface area (TPSA) is 72.2 Å². The van der Waals surface area contributed by atoms with Gasteiger partial charge in [-0.05, 0) is 13.3 Å². The summed E-state index contributed by atoms with van der Waals surface area (Å²) in [4.78, 5) is 10.4. The molecule has 102 valence electrons. The van der Waals surface area contributed by atoms with Crippen LogP contribution in [0.15, 0.2) is 0 Å². The van der Waals surface area contributed by atoms with Gasteiger partial charge in [-0.25, -0.2) is 0 Å². The van der Waals surface area contributed by atoms with Crippen molar-refractivity contribution in [3.05, 3.63) is 16.4 Å². The lowest BCUT2D eigenvalue weighted by Gasteiger charge is -2.04. The highest BCUT2D eigenvalue weighted by Crippen LogP contribution is 2.23. The fourth-order valence-corrected chi connectivity index (χ4v) is 3.14. The van der Waals surface area contributed by atoms with Gasteiger partial charge in [0.2, 0.25) is 0 Å². The van der Waals surface area contributed by atoms with Gasteiger partial charge in [-0.15, -0.1) is 0 Å². The van der Waals surface area contributed by atoms with Crippen molar-refractivity contribution in [2.24, 2.45) is 0 Å². The molecule has 1 heterocycles. The number of carboxylic acid groups (broad SMARTS) is 1. The van der Waals surface area contributed by atoms with Crippen LogP contribution < -0.4 is 0 Å². The van der Waals surface area contributed by atoms with Gasteiger partial charge in [-0.3, -0.25) is 13.7 Å². The molecule has 0 amide bonds. The van der Waals surface area contributed by atoms with E-state index in [1.54, 1.807) is 4.68 Å². The minimum absolute atomic E-state index is 0.0921. The minimum atomic E-state index is -1.23. The Morgan fingerprint density at radius 3 is 2.67 bits per heavy atom. The van der Waals surface area contributed by atoms with Crippen LogP contribution >= 0.6 is 11.6 Å². The average Bonchev–Trinajstić information content (AvgIpc) is 2.63. The summed E-state index contributed by atoms with van der Waals surface area (Å²) in [5.41, 5.74) is 1.53. The van der Waals surface area contributed by atoms with Crippen molar-refractivity contribution in [1.29, 1.82) is 0 Å². The molecule has 0 aliphatic rings. The first-order valence-corrected chi connectivity index (χ1v) is 7.67. The molecule has 0 fully saturated rings. The molecule has 0 spiro atoms. The van der Waals surface area contributed by atoms with Crippen LogP contribution in [0.4, 0.5) is 0 Å².